The molecule has 0 bridgehead atoms. The van der Waals surface area contributed by atoms with Gasteiger partial charge in [-0.25, -0.2) is 13.8 Å². The van der Waals surface area contributed by atoms with Gasteiger partial charge in [0.15, 0.2) is 17.4 Å². The van der Waals surface area contributed by atoms with Crippen molar-refractivity contribution in [3.8, 4) is 22.6 Å². The Morgan fingerprint density at radius 1 is 0.974 bits per heavy atom. The van der Waals surface area contributed by atoms with Crippen LogP contribution in [-0.2, 0) is 0 Å². The lowest BCUT2D eigenvalue weighted by Gasteiger charge is -2.35. The molecular weight excluding hydrogens is 490 g/mol. The van der Waals surface area contributed by atoms with Crippen LogP contribution in [0.25, 0.3) is 22.0 Å². The van der Waals surface area contributed by atoms with E-state index in [0.29, 0.717) is 65.4 Å². The van der Waals surface area contributed by atoms with E-state index < -0.39 is 11.6 Å². The smallest absolute Gasteiger partial charge is 0.270 e. The van der Waals surface area contributed by atoms with E-state index >= 15 is 4.39 Å². The Labute approximate surface area is 220 Å². The number of carbonyl (C=O) groups excluding carboxylic acids is 1. The zero-order valence-electron chi connectivity index (χ0n) is 21.8. The van der Waals surface area contributed by atoms with Gasteiger partial charge in [0.2, 0.25) is 0 Å². The van der Waals surface area contributed by atoms with Crippen LogP contribution in [0.15, 0.2) is 48.7 Å². The number of H-pyrrole nitrogens is 1. The van der Waals surface area contributed by atoms with E-state index in [1.165, 1.54) is 19.2 Å². The lowest BCUT2D eigenvalue weighted by atomic mass is 9.93. The van der Waals surface area contributed by atoms with Crippen molar-refractivity contribution in [1.29, 1.82) is 0 Å². The zero-order chi connectivity index (χ0) is 27.0. The molecule has 2 aromatic carbocycles. The third kappa shape index (κ3) is 4.53. The number of fused-ring (bicyclic) bond motifs is 1. The van der Waals surface area contributed by atoms with Gasteiger partial charge in [-0.15, -0.1) is 0 Å². The van der Waals surface area contributed by atoms with Crippen LogP contribution in [0.4, 0.5) is 14.6 Å². The van der Waals surface area contributed by atoms with Crippen molar-refractivity contribution in [1.82, 2.24) is 14.9 Å². The summed E-state index contributed by atoms with van der Waals surface area (Å²) in [7, 11) is 3.07. The molecule has 0 saturated carbocycles. The molecule has 0 spiro atoms. The number of methoxy groups -OCH3 is 2. The molecule has 5 rings (SSSR count). The number of aromatic amines is 1. The second-order valence-electron chi connectivity index (χ2n) is 9.61. The van der Waals surface area contributed by atoms with Gasteiger partial charge < -0.3 is 24.3 Å². The molecule has 2 aromatic heterocycles. The first kappa shape index (κ1) is 25.5. The van der Waals surface area contributed by atoms with Gasteiger partial charge in [-0.05, 0) is 53.4 Å². The van der Waals surface area contributed by atoms with E-state index in [4.69, 9.17) is 9.47 Å². The number of pyridine rings is 1. The molecule has 0 aliphatic carbocycles. The molecule has 1 amide bonds. The van der Waals surface area contributed by atoms with Crippen molar-refractivity contribution < 1.29 is 23.0 Å². The molecule has 1 aliphatic rings. The Balaban J connectivity index is 1.49. The lowest BCUT2D eigenvalue weighted by molar-refractivity contribution is 0.0741. The first-order valence-electron chi connectivity index (χ1n) is 12.5. The molecular formula is C29H30F2N4O3. The molecule has 0 unspecified atom stereocenters. The maximum Gasteiger partial charge on any atom is 0.270 e. The minimum Gasteiger partial charge on any atom is -0.496 e. The Bertz CT molecular complexity index is 1490. The Morgan fingerprint density at radius 2 is 1.71 bits per heavy atom. The summed E-state index contributed by atoms with van der Waals surface area (Å²) in [4.78, 5) is 24.8. The van der Waals surface area contributed by atoms with Gasteiger partial charge in [0.25, 0.3) is 5.91 Å². The maximum absolute atomic E-state index is 15.6. The number of rotatable bonds is 6. The third-order valence-electron chi connectivity index (χ3n) is 7.02. The fourth-order valence-corrected chi connectivity index (χ4v) is 5.00. The first-order valence-corrected chi connectivity index (χ1v) is 12.5. The molecule has 9 heteroatoms. The molecule has 1 aliphatic heterocycles. The van der Waals surface area contributed by atoms with Gasteiger partial charge in [-0.1, -0.05) is 13.8 Å². The standard InChI is InChI=1S/C29H30F2N4O3/c1-17(2)20-15-21(19-8-7-18(30)14-25(19)38-4)22-16-23(33-27(22)26(20)31)29(36)35-12-10-34(11-13-35)28-24(37-3)6-5-9-32-28/h5-9,14-17,33H,10-13H2,1-4H3. The van der Waals surface area contributed by atoms with Crippen LogP contribution >= 0.6 is 0 Å². The molecule has 1 fully saturated rings. The van der Waals surface area contributed by atoms with Crippen LogP contribution in [-0.4, -0.2) is 61.2 Å². The summed E-state index contributed by atoms with van der Waals surface area (Å²) < 4.78 is 40.4. The van der Waals surface area contributed by atoms with E-state index in [0.717, 1.165) is 5.82 Å². The molecule has 1 saturated heterocycles. The Kier molecular flexibility index (Phi) is 6.93. The monoisotopic (exact) mass is 520 g/mol. The molecule has 0 radical (unpaired) electrons. The second kappa shape index (κ2) is 10.3. The highest BCUT2D eigenvalue weighted by Gasteiger charge is 2.27. The van der Waals surface area contributed by atoms with Crippen LogP contribution in [0.1, 0.15) is 35.8 Å². The normalized spacial score (nSPS) is 13.9. The molecule has 1 N–H and O–H groups in total. The zero-order valence-corrected chi connectivity index (χ0v) is 21.8. The number of nitrogens with zero attached hydrogens (tertiary/aromatic N) is 3. The van der Waals surface area contributed by atoms with Crippen molar-refractivity contribution in [2.75, 3.05) is 45.3 Å². The molecule has 38 heavy (non-hydrogen) atoms. The number of ether oxygens (including phenoxy) is 2. The lowest BCUT2D eigenvalue weighted by Crippen LogP contribution is -2.49. The summed E-state index contributed by atoms with van der Waals surface area (Å²) in [6.07, 6.45) is 1.72. The van der Waals surface area contributed by atoms with Crippen molar-refractivity contribution in [3.05, 3.63) is 71.6 Å². The number of carbonyl (C=O) groups is 1. The summed E-state index contributed by atoms with van der Waals surface area (Å²) in [5.74, 6) is 0.617. The predicted octanol–water partition coefficient (Wildman–Crippen LogP) is 5.61. The van der Waals surface area contributed by atoms with Crippen LogP contribution in [0.2, 0.25) is 0 Å². The van der Waals surface area contributed by atoms with Crippen molar-refractivity contribution in [2.24, 2.45) is 0 Å². The number of halogens is 2. The Hall–Kier alpha value is -4.14. The van der Waals surface area contributed by atoms with E-state index in [1.54, 1.807) is 36.4 Å². The van der Waals surface area contributed by atoms with Crippen molar-refractivity contribution in [2.45, 2.75) is 19.8 Å². The minimum absolute atomic E-state index is 0.108. The number of benzene rings is 2. The van der Waals surface area contributed by atoms with Gasteiger partial charge in [-0.2, -0.15) is 0 Å². The predicted molar refractivity (Wildman–Crippen MR) is 143 cm³/mol. The summed E-state index contributed by atoms with van der Waals surface area (Å²) in [6.45, 7) is 5.94. The fraction of sp³-hybridized carbons (Fsp3) is 0.310. The van der Waals surface area contributed by atoms with E-state index in [9.17, 15) is 9.18 Å². The minimum atomic E-state index is -0.430. The number of anilines is 1. The molecule has 3 heterocycles. The van der Waals surface area contributed by atoms with Gasteiger partial charge in [-0.3, -0.25) is 4.79 Å². The number of aromatic nitrogens is 2. The largest absolute Gasteiger partial charge is 0.496 e. The molecule has 0 atom stereocenters. The number of amides is 1. The first-order chi connectivity index (χ1) is 18.3. The topological polar surface area (TPSA) is 70.7 Å². The van der Waals surface area contributed by atoms with E-state index in [1.807, 2.05) is 26.0 Å². The molecule has 198 valence electrons. The van der Waals surface area contributed by atoms with Crippen LogP contribution in [0.5, 0.6) is 11.5 Å². The number of hydrogen-bond donors (Lipinski definition) is 1. The van der Waals surface area contributed by atoms with Crippen molar-refractivity contribution >= 4 is 22.6 Å². The SMILES string of the molecule is COc1cc(F)ccc1-c1cc(C(C)C)c(F)c2[nH]c(C(=O)N3CCN(c4ncccc4OC)CC3)cc12. The van der Waals surface area contributed by atoms with Gasteiger partial charge >= 0.3 is 0 Å². The summed E-state index contributed by atoms with van der Waals surface area (Å²) >= 11 is 0. The van der Waals surface area contributed by atoms with Gasteiger partial charge in [0, 0.05) is 49.4 Å². The van der Waals surface area contributed by atoms with Crippen molar-refractivity contribution in [3.63, 3.8) is 0 Å². The summed E-state index contributed by atoms with van der Waals surface area (Å²) in [5.41, 5.74) is 2.34. The highest BCUT2D eigenvalue weighted by Crippen LogP contribution is 2.40. The summed E-state index contributed by atoms with van der Waals surface area (Å²) in [6, 6.07) is 11.4. The van der Waals surface area contributed by atoms with E-state index in [-0.39, 0.29) is 17.3 Å². The third-order valence-corrected chi connectivity index (χ3v) is 7.02. The Morgan fingerprint density at radius 3 is 2.39 bits per heavy atom. The number of piperazine rings is 1. The van der Waals surface area contributed by atoms with Crippen LogP contribution < -0.4 is 14.4 Å². The van der Waals surface area contributed by atoms with Crippen LogP contribution in [0, 0.1) is 11.6 Å². The summed E-state index contributed by atoms with van der Waals surface area (Å²) in [5, 5.41) is 0.539. The highest BCUT2D eigenvalue weighted by atomic mass is 19.1. The number of nitrogens with one attached hydrogen (secondary N) is 1. The second-order valence-corrected chi connectivity index (χ2v) is 9.61. The average Bonchev–Trinajstić information content (AvgIpc) is 3.39. The average molecular weight is 521 g/mol. The van der Waals surface area contributed by atoms with Gasteiger partial charge in [0.1, 0.15) is 17.3 Å². The quantitative estimate of drug-likeness (QED) is 0.358. The van der Waals surface area contributed by atoms with Crippen LogP contribution in [0.3, 0.4) is 0 Å². The highest BCUT2D eigenvalue weighted by molar-refractivity contribution is 6.04. The van der Waals surface area contributed by atoms with E-state index in [2.05, 4.69) is 14.9 Å². The molecule has 7 nitrogen and oxygen atoms in total. The molecule has 4 aromatic rings. The maximum atomic E-state index is 15.6. The van der Waals surface area contributed by atoms with Gasteiger partial charge in [0.05, 0.1) is 19.7 Å². The fourth-order valence-electron chi connectivity index (χ4n) is 5.00. The number of hydrogen-bond acceptors (Lipinski definition) is 5.